The van der Waals surface area contributed by atoms with Crippen LogP contribution in [0.5, 0.6) is 11.5 Å². The van der Waals surface area contributed by atoms with Crippen molar-refractivity contribution in [1.29, 1.82) is 0 Å². The Morgan fingerprint density at radius 2 is 2.06 bits per heavy atom. The molecule has 0 aromatic heterocycles. The van der Waals surface area contributed by atoms with Gasteiger partial charge in [-0.15, -0.1) is 0 Å². The summed E-state index contributed by atoms with van der Waals surface area (Å²) in [4.78, 5) is 11.8. The Hall–Kier alpha value is -1.71. The van der Waals surface area contributed by atoms with Gasteiger partial charge in [0.2, 0.25) is 0 Å². The van der Waals surface area contributed by atoms with E-state index in [2.05, 4.69) is 5.32 Å². The molecule has 0 unspecified atom stereocenters. The first kappa shape index (κ1) is 10.8. The molecule has 0 saturated heterocycles. The highest BCUT2D eigenvalue weighted by Crippen LogP contribution is 2.39. The fraction of sp³-hybridized carbons (Fsp3) is 0.417. The third-order valence-corrected chi connectivity index (χ3v) is 2.73. The first-order valence-electron chi connectivity index (χ1n) is 5.30. The second-order valence-corrected chi connectivity index (χ2v) is 3.68. The van der Waals surface area contributed by atoms with Crippen LogP contribution in [-0.2, 0) is 0 Å². The number of carbonyl (C=O) groups is 1. The quantitative estimate of drug-likeness (QED) is 0.830. The zero-order valence-corrected chi connectivity index (χ0v) is 9.50. The van der Waals surface area contributed by atoms with Gasteiger partial charge in [0.05, 0.1) is 19.9 Å². The van der Waals surface area contributed by atoms with Crippen molar-refractivity contribution >= 4 is 11.5 Å². The molecule has 1 aliphatic rings. The number of ketones is 1. The van der Waals surface area contributed by atoms with E-state index in [0.29, 0.717) is 23.5 Å². The molecule has 4 nitrogen and oxygen atoms in total. The number of hydrogen-bond donors (Lipinski definition) is 1. The minimum absolute atomic E-state index is 0.154. The second-order valence-electron chi connectivity index (χ2n) is 3.68. The lowest BCUT2D eigenvalue weighted by Gasteiger charge is -2.15. The molecule has 0 saturated carbocycles. The van der Waals surface area contributed by atoms with Crippen LogP contribution in [0.15, 0.2) is 12.1 Å². The summed E-state index contributed by atoms with van der Waals surface area (Å²) >= 11 is 0. The van der Waals surface area contributed by atoms with Crippen molar-refractivity contribution in [2.75, 3.05) is 26.1 Å². The molecule has 86 valence electrons. The Labute approximate surface area is 94.6 Å². The molecular formula is C12H15NO3. The van der Waals surface area contributed by atoms with Gasteiger partial charge in [-0.3, -0.25) is 4.79 Å². The lowest BCUT2D eigenvalue weighted by atomic mass is 10.1. The fourth-order valence-electron chi connectivity index (χ4n) is 1.93. The smallest absolute Gasteiger partial charge is 0.184 e. The number of Topliss-reactive ketones (excluding diaryl/α,β-unsaturated/α-hetero) is 1. The highest BCUT2D eigenvalue weighted by Gasteiger charge is 2.21. The molecule has 2 rings (SSSR count). The van der Waals surface area contributed by atoms with Crippen molar-refractivity contribution in [2.24, 2.45) is 0 Å². The van der Waals surface area contributed by atoms with Crippen molar-refractivity contribution < 1.29 is 14.3 Å². The predicted octanol–water partition coefficient (Wildman–Crippen LogP) is 2.09. The van der Waals surface area contributed by atoms with Gasteiger partial charge >= 0.3 is 0 Å². The zero-order chi connectivity index (χ0) is 11.5. The number of rotatable bonds is 2. The maximum Gasteiger partial charge on any atom is 0.184 e. The van der Waals surface area contributed by atoms with Gasteiger partial charge in [0.25, 0.3) is 0 Å². The SMILES string of the molecule is COc1ccc2c(c1OC)NCCCC2=O. The Kier molecular flexibility index (Phi) is 2.99. The van der Waals surface area contributed by atoms with Crippen molar-refractivity contribution in [3.8, 4) is 11.5 Å². The summed E-state index contributed by atoms with van der Waals surface area (Å²) in [6.07, 6.45) is 1.43. The van der Waals surface area contributed by atoms with Gasteiger partial charge in [-0.25, -0.2) is 0 Å². The van der Waals surface area contributed by atoms with Crippen LogP contribution in [0.2, 0.25) is 0 Å². The molecule has 16 heavy (non-hydrogen) atoms. The Morgan fingerprint density at radius 3 is 2.75 bits per heavy atom. The van der Waals surface area contributed by atoms with E-state index in [-0.39, 0.29) is 5.78 Å². The number of nitrogens with one attached hydrogen (secondary N) is 1. The average Bonchev–Trinajstić information content (AvgIpc) is 2.50. The lowest BCUT2D eigenvalue weighted by molar-refractivity contribution is 0.0983. The highest BCUT2D eigenvalue weighted by molar-refractivity contribution is 6.03. The van der Waals surface area contributed by atoms with Crippen molar-refractivity contribution in [3.63, 3.8) is 0 Å². The van der Waals surface area contributed by atoms with Gasteiger partial charge in [0.15, 0.2) is 17.3 Å². The Bertz CT molecular complexity index is 415. The number of benzene rings is 1. The van der Waals surface area contributed by atoms with Crippen LogP contribution in [0.4, 0.5) is 5.69 Å². The molecule has 0 bridgehead atoms. The third kappa shape index (κ3) is 1.71. The van der Waals surface area contributed by atoms with Crippen LogP contribution < -0.4 is 14.8 Å². The number of anilines is 1. The zero-order valence-electron chi connectivity index (χ0n) is 9.50. The molecule has 0 aliphatic carbocycles. The van der Waals surface area contributed by atoms with Crippen LogP contribution in [0.25, 0.3) is 0 Å². The number of hydrogen-bond acceptors (Lipinski definition) is 4. The average molecular weight is 221 g/mol. The standard InChI is InChI=1S/C12H15NO3/c1-15-10-6-5-8-9(14)4-3-7-13-11(8)12(10)16-2/h5-6,13H,3-4,7H2,1-2H3. The number of methoxy groups -OCH3 is 2. The molecule has 0 radical (unpaired) electrons. The summed E-state index contributed by atoms with van der Waals surface area (Å²) in [5.74, 6) is 1.40. The topological polar surface area (TPSA) is 47.6 Å². The van der Waals surface area contributed by atoms with E-state index >= 15 is 0 Å². The first-order valence-corrected chi connectivity index (χ1v) is 5.30. The van der Waals surface area contributed by atoms with Gasteiger partial charge in [-0.05, 0) is 18.6 Å². The number of fused-ring (bicyclic) bond motifs is 1. The van der Waals surface area contributed by atoms with E-state index in [4.69, 9.17) is 9.47 Å². The van der Waals surface area contributed by atoms with E-state index in [0.717, 1.165) is 18.7 Å². The summed E-state index contributed by atoms with van der Waals surface area (Å²) in [7, 11) is 3.16. The monoisotopic (exact) mass is 221 g/mol. The first-order chi connectivity index (χ1) is 7.77. The van der Waals surface area contributed by atoms with Crippen LogP contribution in [0.3, 0.4) is 0 Å². The number of ether oxygens (including phenoxy) is 2. The summed E-state index contributed by atoms with van der Waals surface area (Å²) < 4.78 is 10.5. The highest BCUT2D eigenvalue weighted by atomic mass is 16.5. The lowest BCUT2D eigenvalue weighted by Crippen LogP contribution is -2.04. The molecule has 0 amide bonds. The summed E-state index contributed by atoms with van der Waals surface area (Å²) in [5, 5.41) is 3.22. The van der Waals surface area contributed by atoms with Crippen molar-refractivity contribution in [2.45, 2.75) is 12.8 Å². The van der Waals surface area contributed by atoms with E-state index in [9.17, 15) is 4.79 Å². The number of carbonyl (C=O) groups excluding carboxylic acids is 1. The van der Waals surface area contributed by atoms with E-state index in [1.54, 1.807) is 26.4 Å². The van der Waals surface area contributed by atoms with Crippen LogP contribution >= 0.6 is 0 Å². The van der Waals surface area contributed by atoms with Crippen LogP contribution in [0.1, 0.15) is 23.2 Å². The Balaban J connectivity index is 2.57. The molecular weight excluding hydrogens is 206 g/mol. The molecule has 1 aliphatic heterocycles. The largest absolute Gasteiger partial charge is 0.493 e. The summed E-state index contributed by atoms with van der Waals surface area (Å²) in [6, 6.07) is 3.56. The third-order valence-electron chi connectivity index (χ3n) is 2.73. The van der Waals surface area contributed by atoms with Crippen molar-refractivity contribution in [1.82, 2.24) is 0 Å². The normalized spacial score (nSPS) is 14.8. The van der Waals surface area contributed by atoms with E-state index in [1.165, 1.54) is 0 Å². The molecule has 0 spiro atoms. The predicted molar refractivity (Wildman–Crippen MR) is 61.6 cm³/mol. The molecule has 1 N–H and O–H groups in total. The minimum atomic E-state index is 0.154. The van der Waals surface area contributed by atoms with Gasteiger partial charge in [0.1, 0.15) is 0 Å². The molecule has 0 atom stereocenters. The van der Waals surface area contributed by atoms with Gasteiger partial charge in [-0.1, -0.05) is 0 Å². The van der Waals surface area contributed by atoms with Crippen LogP contribution in [-0.4, -0.2) is 26.5 Å². The van der Waals surface area contributed by atoms with Gasteiger partial charge < -0.3 is 14.8 Å². The second kappa shape index (κ2) is 4.43. The fourth-order valence-corrected chi connectivity index (χ4v) is 1.93. The molecule has 4 heteroatoms. The molecule has 1 aromatic rings. The summed E-state index contributed by atoms with van der Waals surface area (Å²) in [6.45, 7) is 0.780. The van der Waals surface area contributed by atoms with Crippen LogP contribution in [0, 0.1) is 0 Å². The molecule has 1 aromatic carbocycles. The minimum Gasteiger partial charge on any atom is -0.493 e. The van der Waals surface area contributed by atoms with Gasteiger partial charge in [-0.2, -0.15) is 0 Å². The van der Waals surface area contributed by atoms with E-state index < -0.39 is 0 Å². The van der Waals surface area contributed by atoms with Gasteiger partial charge in [0, 0.05) is 18.5 Å². The Morgan fingerprint density at radius 1 is 1.25 bits per heavy atom. The summed E-state index contributed by atoms with van der Waals surface area (Å²) in [5.41, 5.74) is 1.44. The molecule has 1 heterocycles. The van der Waals surface area contributed by atoms with Crippen molar-refractivity contribution in [3.05, 3.63) is 17.7 Å². The molecule has 0 fully saturated rings. The van der Waals surface area contributed by atoms with E-state index in [1.807, 2.05) is 0 Å². The maximum atomic E-state index is 11.8. The maximum absolute atomic E-state index is 11.8.